The molecule has 0 aromatic carbocycles. The van der Waals surface area contributed by atoms with E-state index in [1.54, 1.807) is 24.1 Å². The number of nitrogens with zero attached hydrogens (tertiary/aromatic N) is 6. The van der Waals surface area contributed by atoms with E-state index in [0.717, 1.165) is 11.4 Å². The van der Waals surface area contributed by atoms with Crippen LogP contribution in [0.1, 0.15) is 5.89 Å². The number of rotatable bonds is 3. The number of carbonyl (C=O) groups excluding carboxylic acids is 2. The van der Waals surface area contributed by atoms with Crippen molar-refractivity contribution < 1.29 is 14.1 Å². The lowest BCUT2D eigenvalue weighted by Gasteiger charge is -2.36. The highest BCUT2D eigenvalue weighted by Crippen LogP contribution is 2.20. The summed E-state index contributed by atoms with van der Waals surface area (Å²) in [5.74, 6) is 1.06. The number of anilines is 1. The molecule has 1 fully saturated rings. The molecule has 0 saturated carbocycles. The van der Waals surface area contributed by atoms with E-state index in [0.29, 0.717) is 37.9 Å². The number of amides is 2. The topological polar surface area (TPSA) is 105 Å². The summed E-state index contributed by atoms with van der Waals surface area (Å²) >= 11 is 0. The van der Waals surface area contributed by atoms with E-state index < -0.39 is 5.92 Å². The highest BCUT2D eigenvalue weighted by Gasteiger charge is 2.27. The molecule has 2 amide bonds. The van der Waals surface area contributed by atoms with Gasteiger partial charge < -0.3 is 14.3 Å². The highest BCUT2D eigenvalue weighted by atomic mass is 16.5. The third-order valence-electron chi connectivity index (χ3n) is 4.54. The molecule has 0 spiro atoms. The van der Waals surface area contributed by atoms with Gasteiger partial charge in [-0.1, -0.05) is 11.2 Å². The number of pyridine rings is 1. The van der Waals surface area contributed by atoms with Gasteiger partial charge in [-0.25, -0.2) is 9.98 Å². The molecule has 1 unspecified atom stereocenters. The molecular formula is C18H18N6O3. The smallest absolute Gasteiger partial charge is 0.269 e. The van der Waals surface area contributed by atoms with Crippen LogP contribution < -0.4 is 4.90 Å². The Balaban J connectivity index is 1.36. The van der Waals surface area contributed by atoms with Gasteiger partial charge in [-0.15, -0.1) is 0 Å². The number of carbonyl (C=O) groups is 2. The average Bonchev–Trinajstić information content (AvgIpc) is 3.15. The summed E-state index contributed by atoms with van der Waals surface area (Å²) < 4.78 is 4.99. The Labute approximate surface area is 155 Å². The number of aromatic nitrogens is 3. The van der Waals surface area contributed by atoms with Crippen LogP contribution in [0.3, 0.4) is 0 Å². The maximum absolute atomic E-state index is 12.5. The zero-order chi connectivity index (χ0) is 18.8. The van der Waals surface area contributed by atoms with E-state index in [4.69, 9.17) is 4.52 Å². The van der Waals surface area contributed by atoms with Gasteiger partial charge in [-0.2, -0.15) is 4.98 Å². The third-order valence-corrected chi connectivity index (χ3v) is 4.54. The molecule has 1 atom stereocenters. The maximum Gasteiger partial charge on any atom is 0.269 e. The van der Waals surface area contributed by atoms with Crippen LogP contribution >= 0.6 is 0 Å². The predicted octanol–water partition coefficient (Wildman–Crippen LogP) is 0.872. The van der Waals surface area contributed by atoms with Crippen LogP contribution in [0.5, 0.6) is 0 Å². The number of hydrogen-bond donors (Lipinski definition) is 0. The van der Waals surface area contributed by atoms with Crippen LogP contribution in [0.15, 0.2) is 40.0 Å². The fourth-order valence-electron chi connectivity index (χ4n) is 3.07. The van der Waals surface area contributed by atoms with Crippen LogP contribution in [-0.4, -0.2) is 64.2 Å². The van der Waals surface area contributed by atoms with Crippen molar-refractivity contribution in [3.8, 4) is 11.4 Å². The van der Waals surface area contributed by atoms with Gasteiger partial charge in [0, 0.05) is 57.2 Å². The molecule has 2 aromatic heterocycles. The van der Waals surface area contributed by atoms with Gasteiger partial charge in [0.2, 0.25) is 17.6 Å². The number of hydrogen-bond acceptors (Lipinski definition) is 7. The minimum absolute atomic E-state index is 0.0297. The fourth-order valence-corrected chi connectivity index (χ4v) is 3.07. The Morgan fingerprint density at radius 2 is 2.04 bits per heavy atom. The van der Waals surface area contributed by atoms with E-state index in [-0.39, 0.29) is 11.8 Å². The van der Waals surface area contributed by atoms with E-state index >= 15 is 0 Å². The summed E-state index contributed by atoms with van der Waals surface area (Å²) in [6.07, 6.45) is 6.08. The molecular weight excluding hydrogens is 348 g/mol. The Morgan fingerprint density at radius 1 is 1.22 bits per heavy atom. The third kappa shape index (κ3) is 3.62. The Bertz CT molecular complexity index is 893. The van der Waals surface area contributed by atoms with Crippen LogP contribution in [-0.2, 0) is 9.59 Å². The zero-order valence-corrected chi connectivity index (χ0v) is 14.8. The maximum atomic E-state index is 12.5. The number of aryl methyl sites for hydroxylation is 1. The van der Waals surface area contributed by atoms with Crippen molar-refractivity contribution in [3.63, 3.8) is 0 Å². The van der Waals surface area contributed by atoms with Crippen molar-refractivity contribution in [2.24, 2.45) is 10.9 Å². The summed E-state index contributed by atoms with van der Waals surface area (Å²) in [5, 5.41) is 3.89. The van der Waals surface area contributed by atoms with Gasteiger partial charge in [0.25, 0.3) is 5.91 Å². The van der Waals surface area contributed by atoms with Crippen molar-refractivity contribution in [2.75, 3.05) is 31.1 Å². The number of dihydropyridines is 1. The molecule has 2 aliphatic rings. The lowest BCUT2D eigenvalue weighted by Crippen LogP contribution is -2.50. The summed E-state index contributed by atoms with van der Waals surface area (Å²) in [7, 11) is 0. The van der Waals surface area contributed by atoms with E-state index in [1.165, 1.54) is 12.3 Å². The first-order chi connectivity index (χ1) is 13.1. The molecule has 0 bridgehead atoms. The molecule has 9 nitrogen and oxygen atoms in total. The first-order valence-electron chi connectivity index (χ1n) is 8.67. The monoisotopic (exact) mass is 366 g/mol. The standard InChI is InChI=1S/C18H18N6O3/c1-12-21-17(22-27-12)13-2-4-15(19-10-13)23-6-8-24(9-7-23)18(26)14-3-5-16(25)20-11-14/h2-5,10-11,14H,6-9H2,1H3. The lowest BCUT2D eigenvalue weighted by molar-refractivity contribution is -0.132. The van der Waals surface area contributed by atoms with Crippen molar-refractivity contribution in [3.05, 3.63) is 36.4 Å². The number of aliphatic imine (C=N–C) groups is 1. The quantitative estimate of drug-likeness (QED) is 0.794. The second-order valence-corrected chi connectivity index (χ2v) is 6.36. The zero-order valence-electron chi connectivity index (χ0n) is 14.8. The molecule has 0 N–H and O–H groups in total. The molecule has 27 heavy (non-hydrogen) atoms. The molecule has 9 heteroatoms. The minimum Gasteiger partial charge on any atom is -0.353 e. The van der Waals surface area contributed by atoms with Gasteiger partial charge in [-0.3, -0.25) is 9.59 Å². The van der Waals surface area contributed by atoms with Gasteiger partial charge in [-0.05, 0) is 12.1 Å². The largest absolute Gasteiger partial charge is 0.353 e. The Morgan fingerprint density at radius 3 is 2.63 bits per heavy atom. The minimum atomic E-state index is -0.454. The normalized spacial score (nSPS) is 19.6. The van der Waals surface area contributed by atoms with Gasteiger partial charge >= 0.3 is 0 Å². The highest BCUT2D eigenvalue weighted by molar-refractivity contribution is 6.05. The SMILES string of the molecule is Cc1nc(-c2ccc(N3CCN(C(=O)C4C=CC(=O)N=C4)CC3)nc2)no1. The van der Waals surface area contributed by atoms with E-state index in [2.05, 4.69) is 25.0 Å². The second-order valence-electron chi connectivity index (χ2n) is 6.36. The van der Waals surface area contributed by atoms with Crippen molar-refractivity contribution in [2.45, 2.75) is 6.92 Å². The van der Waals surface area contributed by atoms with Crippen LogP contribution in [0.2, 0.25) is 0 Å². The van der Waals surface area contributed by atoms with Crippen LogP contribution in [0.4, 0.5) is 5.82 Å². The number of piperazine rings is 1. The molecule has 138 valence electrons. The Hall–Kier alpha value is -3.36. The second kappa shape index (κ2) is 7.10. The lowest BCUT2D eigenvalue weighted by atomic mass is 10.1. The average molecular weight is 366 g/mol. The summed E-state index contributed by atoms with van der Waals surface area (Å²) in [4.78, 5) is 39.9. The summed E-state index contributed by atoms with van der Waals surface area (Å²) in [6.45, 7) is 4.31. The van der Waals surface area contributed by atoms with Crippen molar-refractivity contribution in [1.82, 2.24) is 20.0 Å². The molecule has 0 radical (unpaired) electrons. The Kier molecular flexibility index (Phi) is 4.49. The molecule has 4 heterocycles. The van der Waals surface area contributed by atoms with E-state index in [9.17, 15) is 9.59 Å². The summed E-state index contributed by atoms with van der Waals surface area (Å²) in [6, 6.07) is 3.82. The molecule has 1 saturated heterocycles. The van der Waals surface area contributed by atoms with Crippen LogP contribution in [0.25, 0.3) is 11.4 Å². The first-order valence-corrected chi connectivity index (χ1v) is 8.67. The van der Waals surface area contributed by atoms with Gasteiger partial charge in [0.05, 0.1) is 5.92 Å². The summed E-state index contributed by atoms with van der Waals surface area (Å²) in [5.41, 5.74) is 0.794. The van der Waals surface area contributed by atoms with Crippen molar-refractivity contribution in [1.29, 1.82) is 0 Å². The predicted molar refractivity (Wildman–Crippen MR) is 97.2 cm³/mol. The molecule has 2 aromatic rings. The van der Waals surface area contributed by atoms with Gasteiger partial charge in [0.1, 0.15) is 5.82 Å². The van der Waals surface area contributed by atoms with Crippen molar-refractivity contribution >= 4 is 23.8 Å². The van der Waals surface area contributed by atoms with Crippen LogP contribution in [0, 0.1) is 12.8 Å². The molecule has 0 aliphatic carbocycles. The van der Waals surface area contributed by atoms with Gasteiger partial charge in [0.15, 0.2) is 0 Å². The van der Waals surface area contributed by atoms with E-state index in [1.807, 2.05) is 12.1 Å². The molecule has 4 rings (SSSR count). The fraction of sp³-hybridized carbons (Fsp3) is 0.333. The first kappa shape index (κ1) is 17.1. The molecule has 2 aliphatic heterocycles.